The summed E-state index contributed by atoms with van der Waals surface area (Å²) in [4.78, 5) is 11.6. The van der Waals surface area contributed by atoms with Crippen molar-refractivity contribution < 1.29 is 0 Å². The molecule has 216 valence electrons. The van der Waals surface area contributed by atoms with E-state index >= 15 is 0 Å². The van der Waals surface area contributed by atoms with Gasteiger partial charge in [-0.2, -0.15) is 0 Å². The highest BCUT2D eigenvalue weighted by molar-refractivity contribution is 7.23. The Hall–Kier alpha value is -5.42. The smallest absolute Gasteiger partial charge is 0.0544 e. The summed E-state index contributed by atoms with van der Waals surface area (Å²) in [7, 11) is 0. The van der Waals surface area contributed by atoms with Crippen molar-refractivity contribution in [1.82, 2.24) is 9.97 Å². The van der Waals surface area contributed by atoms with Crippen LogP contribution >= 0.6 is 22.7 Å². The molecule has 0 fully saturated rings. The first-order valence-corrected chi connectivity index (χ1v) is 17.2. The lowest BCUT2D eigenvalue weighted by Crippen LogP contribution is -1.79. The Morgan fingerprint density at radius 3 is 1.80 bits per heavy atom. The van der Waals surface area contributed by atoms with E-state index in [0.717, 1.165) is 0 Å². The number of thiophene rings is 2. The van der Waals surface area contributed by atoms with Crippen LogP contribution in [0.25, 0.3) is 97.5 Å². The number of benzene rings is 6. The summed E-state index contributed by atoms with van der Waals surface area (Å²) in [5.41, 5.74) is 8.39. The van der Waals surface area contributed by atoms with Gasteiger partial charge >= 0.3 is 0 Å². The maximum Gasteiger partial charge on any atom is 0.0544 e. The molecule has 4 heteroatoms. The number of H-pyrrole nitrogens is 2. The lowest BCUT2D eigenvalue weighted by atomic mass is 10.0. The van der Waals surface area contributed by atoms with Crippen molar-refractivity contribution in [3.05, 3.63) is 144 Å². The SMILES string of the molecule is C(=C\c1ccc2c(ccc3c4cc5[nH]c6c7ccc(-c8ccc(-c9cccs9)s8)cc7ccc6c5cc4[nH]c23)c1)/c1ccccc1. The zero-order valence-corrected chi connectivity index (χ0v) is 26.3. The molecular formula is C42H26N2S2. The van der Waals surface area contributed by atoms with Gasteiger partial charge in [0.25, 0.3) is 0 Å². The normalized spacial score (nSPS) is 12.3. The average molecular weight is 623 g/mol. The molecule has 0 radical (unpaired) electrons. The van der Waals surface area contributed by atoms with Crippen LogP contribution in [0.3, 0.4) is 0 Å². The first-order chi connectivity index (χ1) is 22.7. The molecule has 4 aromatic heterocycles. The van der Waals surface area contributed by atoms with Crippen LogP contribution in [-0.2, 0) is 0 Å². The molecule has 0 atom stereocenters. The molecule has 0 saturated heterocycles. The molecule has 0 spiro atoms. The van der Waals surface area contributed by atoms with E-state index in [1.165, 1.54) is 96.5 Å². The van der Waals surface area contributed by atoms with Crippen molar-refractivity contribution in [1.29, 1.82) is 0 Å². The van der Waals surface area contributed by atoms with E-state index in [0.29, 0.717) is 0 Å². The molecule has 4 heterocycles. The Balaban J connectivity index is 1.05. The Morgan fingerprint density at radius 2 is 1.09 bits per heavy atom. The van der Waals surface area contributed by atoms with Gasteiger partial charge in [0.15, 0.2) is 0 Å². The van der Waals surface area contributed by atoms with Crippen molar-refractivity contribution in [3.63, 3.8) is 0 Å². The van der Waals surface area contributed by atoms with Crippen LogP contribution in [0.1, 0.15) is 11.1 Å². The third-order valence-corrected chi connectivity index (χ3v) is 11.4. The van der Waals surface area contributed by atoms with Crippen molar-refractivity contribution >= 4 is 100.0 Å². The predicted molar refractivity (Wildman–Crippen MR) is 202 cm³/mol. The summed E-state index contributed by atoms with van der Waals surface area (Å²) < 4.78 is 0. The van der Waals surface area contributed by atoms with Crippen molar-refractivity contribution in [2.45, 2.75) is 0 Å². The van der Waals surface area contributed by atoms with Crippen molar-refractivity contribution in [3.8, 4) is 20.2 Å². The molecule has 2 nitrogen and oxygen atoms in total. The maximum absolute atomic E-state index is 3.80. The Morgan fingerprint density at radius 1 is 0.435 bits per heavy atom. The predicted octanol–water partition coefficient (Wildman–Crippen LogP) is 12.9. The molecule has 0 amide bonds. The summed E-state index contributed by atoms with van der Waals surface area (Å²) in [6.07, 6.45) is 4.36. The van der Waals surface area contributed by atoms with Crippen LogP contribution in [0, 0.1) is 0 Å². The van der Waals surface area contributed by atoms with E-state index in [-0.39, 0.29) is 0 Å². The van der Waals surface area contributed by atoms with E-state index < -0.39 is 0 Å². The average Bonchev–Trinajstić information content (AvgIpc) is 3.92. The maximum atomic E-state index is 3.80. The van der Waals surface area contributed by atoms with Gasteiger partial charge in [-0.25, -0.2) is 0 Å². The number of rotatable bonds is 4. The molecule has 0 aliphatic carbocycles. The Labute approximate surface area is 272 Å². The Bertz CT molecular complexity index is 2790. The fourth-order valence-corrected chi connectivity index (χ4v) is 8.81. The number of nitrogens with one attached hydrogen (secondary N) is 2. The van der Waals surface area contributed by atoms with Gasteiger partial charge in [0.2, 0.25) is 0 Å². The van der Waals surface area contributed by atoms with Gasteiger partial charge in [-0.15, -0.1) is 22.7 Å². The fraction of sp³-hybridized carbons (Fsp3) is 0. The second-order valence-electron chi connectivity index (χ2n) is 12.0. The number of hydrogen-bond acceptors (Lipinski definition) is 2. The first-order valence-electron chi connectivity index (χ1n) is 15.5. The van der Waals surface area contributed by atoms with Crippen LogP contribution in [0.5, 0.6) is 0 Å². The molecule has 46 heavy (non-hydrogen) atoms. The molecular weight excluding hydrogens is 597 g/mol. The minimum Gasteiger partial charge on any atom is -0.354 e. The summed E-state index contributed by atoms with van der Waals surface area (Å²) in [5.74, 6) is 0. The van der Waals surface area contributed by atoms with E-state index in [2.05, 4.69) is 149 Å². The summed E-state index contributed by atoms with van der Waals surface area (Å²) >= 11 is 3.66. The number of hydrogen-bond donors (Lipinski definition) is 2. The summed E-state index contributed by atoms with van der Waals surface area (Å²) in [6.45, 7) is 0. The van der Waals surface area contributed by atoms with Gasteiger partial charge in [0, 0.05) is 58.0 Å². The number of aromatic nitrogens is 2. The standard InChI is InChI=1S/C42H26N2S2/c1-2-5-25(6-3-1)8-9-26-10-14-30-27(21-26)11-16-32-34-23-37-35(24-36(34)43-41(30)32)33-17-12-28-22-29(13-15-31(28)42(33)44-37)38-18-19-40(46-38)39-7-4-20-45-39/h1-24,43-44H/b9-8+. The van der Waals surface area contributed by atoms with Crippen LogP contribution < -0.4 is 0 Å². The Kier molecular flexibility index (Phi) is 5.65. The number of aromatic amines is 2. The monoisotopic (exact) mass is 622 g/mol. The zero-order valence-electron chi connectivity index (χ0n) is 24.7. The van der Waals surface area contributed by atoms with Crippen LogP contribution in [-0.4, -0.2) is 9.97 Å². The van der Waals surface area contributed by atoms with E-state index in [4.69, 9.17) is 0 Å². The zero-order chi connectivity index (χ0) is 30.2. The van der Waals surface area contributed by atoms with Gasteiger partial charge < -0.3 is 9.97 Å². The molecule has 0 saturated carbocycles. The first kappa shape index (κ1) is 25.9. The second kappa shape index (κ2) is 10.0. The third-order valence-electron chi connectivity index (χ3n) is 9.24. The van der Waals surface area contributed by atoms with Gasteiger partial charge in [0.05, 0.1) is 11.0 Å². The summed E-state index contributed by atoms with van der Waals surface area (Å²) in [6, 6.07) is 46.6. The van der Waals surface area contributed by atoms with Crippen LogP contribution in [0.2, 0.25) is 0 Å². The fourth-order valence-electron chi connectivity index (χ4n) is 6.98. The second-order valence-corrected chi connectivity index (χ2v) is 14.0. The van der Waals surface area contributed by atoms with Crippen molar-refractivity contribution in [2.24, 2.45) is 0 Å². The molecule has 10 rings (SSSR count). The van der Waals surface area contributed by atoms with Gasteiger partial charge in [0.1, 0.15) is 0 Å². The lowest BCUT2D eigenvalue weighted by Gasteiger charge is -2.03. The van der Waals surface area contributed by atoms with Gasteiger partial charge in [-0.05, 0) is 75.3 Å². The number of fused-ring (bicyclic) bond motifs is 10. The van der Waals surface area contributed by atoms with E-state index in [9.17, 15) is 0 Å². The lowest BCUT2D eigenvalue weighted by molar-refractivity contribution is 1.56. The minimum atomic E-state index is 1.17. The highest BCUT2D eigenvalue weighted by Gasteiger charge is 2.14. The molecule has 2 N–H and O–H groups in total. The highest BCUT2D eigenvalue weighted by atomic mass is 32.1. The van der Waals surface area contributed by atoms with E-state index in [1.807, 2.05) is 17.4 Å². The van der Waals surface area contributed by atoms with Gasteiger partial charge in [-0.1, -0.05) is 97.1 Å². The molecule has 0 unspecified atom stereocenters. The molecule has 0 bridgehead atoms. The quantitative estimate of drug-likeness (QED) is 0.183. The van der Waals surface area contributed by atoms with E-state index in [1.54, 1.807) is 11.3 Å². The van der Waals surface area contributed by atoms with Crippen LogP contribution in [0.15, 0.2) is 133 Å². The van der Waals surface area contributed by atoms with Crippen molar-refractivity contribution in [2.75, 3.05) is 0 Å². The van der Waals surface area contributed by atoms with Gasteiger partial charge in [-0.3, -0.25) is 0 Å². The third kappa shape index (κ3) is 4.08. The minimum absolute atomic E-state index is 1.17. The highest BCUT2D eigenvalue weighted by Crippen LogP contribution is 2.40. The topological polar surface area (TPSA) is 31.6 Å². The summed E-state index contributed by atoms with van der Waals surface area (Å²) in [5, 5.41) is 12.1. The molecule has 6 aromatic carbocycles. The largest absolute Gasteiger partial charge is 0.354 e. The van der Waals surface area contributed by atoms with Crippen LogP contribution in [0.4, 0.5) is 0 Å². The molecule has 0 aliphatic rings. The molecule has 10 aromatic rings. The molecule has 0 aliphatic heterocycles.